The van der Waals surface area contributed by atoms with Crippen LogP contribution in [0.3, 0.4) is 0 Å². The van der Waals surface area contributed by atoms with Gasteiger partial charge in [0.05, 0.1) is 34.1 Å². The molecule has 8 heteroatoms. The molecule has 3 heterocycles. The summed E-state index contributed by atoms with van der Waals surface area (Å²) < 4.78 is 1.69. The molecule has 0 aliphatic heterocycles. The second-order valence-electron chi connectivity index (χ2n) is 7.08. The van der Waals surface area contributed by atoms with Crippen LogP contribution in [0.4, 0.5) is 0 Å². The van der Waals surface area contributed by atoms with Gasteiger partial charge in [0.2, 0.25) is 0 Å². The highest BCUT2D eigenvalue weighted by atomic mass is 32.1. The normalized spacial score (nSPS) is 14.8. The fourth-order valence-corrected chi connectivity index (χ4v) is 3.87. The lowest BCUT2D eigenvalue weighted by Gasteiger charge is -2.11. The Labute approximate surface area is 167 Å². The second-order valence-corrected chi connectivity index (χ2v) is 8.03. The molecule has 1 atom stereocenters. The third-order valence-corrected chi connectivity index (χ3v) is 5.76. The number of aromatic nitrogens is 4. The first-order valence-electron chi connectivity index (χ1n) is 9.50. The lowest BCUT2D eigenvalue weighted by atomic mass is 10.1. The summed E-state index contributed by atoms with van der Waals surface area (Å²) in [7, 11) is 0. The molecule has 2 N–H and O–H groups in total. The van der Waals surface area contributed by atoms with Crippen molar-refractivity contribution in [3.63, 3.8) is 0 Å². The highest BCUT2D eigenvalue weighted by molar-refractivity contribution is 7.13. The van der Waals surface area contributed by atoms with Gasteiger partial charge in [0.15, 0.2) is 0 Å². The molecular formula is C20H23N5O2S. The van der Waals surface area contributed by atoms with E-state index in [1.54, 1.807) is 28.4 Å². The van der Waals surface area contributed by atoms with Gasteiger partial charge >= 0.3 is 0 Å². The van der Waals surface area contributed by atoms with E-state index in [-0.39, 0.29) is 18.4 Å². The molecule has 1 unspecified atom stereocenters. The van der Waals surface area contributed by atoms with Crippen LogP contribution < -0.4 is 5.32 Å². The molecule has 146 valence electrons. The predicted molar refractivity (Wildman–Crippen MR) is 108 cm³/mol. The van der Waals surface area contributed by atoms with Gasteiger partial charge < -0.3 is 10.4 Å². The van der Waals surface area contributed by atoms with Crippen molar-refractivity contribution in [3.8, 4) is 16.5 Å². The number of aryl methyl sites for hydroxylation is 1. The fraction of sp³-hybridized carbons (Fsp3) is 0.400. The quantitative estimate of drug-likeness (QED) is 0.639. The Morgan fingerprint density at radius 3 is 2.93 bits per heavy atom. The number of amides is 1. The molecule has 1 aliphatic rings. The standard InChI is InChI=1S/C20H23N5O2S/c1-3-14(26)10-21-19(27)15-11-23-25(18(15)13-6-7-13)20-22-9-12(2)17(24-20)16-5-4-8-28-16/h4-5,8-9,11,13-14,26H,3,6-7,10H2,1-2H3,(H,21,27). The van der Waals surface area contributed by atoms with E-state index in [4.69, 9.17) is 4.98 Å². The molecule has 0 aromatic carbocycles. The molecule has 1 saturated carbocycles. The minimum atomic E-state index is -0.544. The number of aliphatic hydroxyl groups excluding tert-OH is 1. The van der Waals surface area contributed by atoms with Crippen LogP contribution in [-0.4, -0.2) is 43.4 Å². The number of carbonyl (C=O) groups is 1. The zero-order valence-corrected chi connectivity index (χ0v) is 16.7. The van der Waals surface area contributed by atoms with Gasteiger partial charge in [0.1, 0.15) is 0 Å². The highest BCUT2D eigenvalue weighted by Crippen LogP contribution is 2.42. The number of hydrogen-bond acceptors (Lipinski definition) is 6. The predicted octanol–water partition coefficient (Wildman–Crippen LogP) is 3.08. The lowest BCUT2D eigenvalue weighted by molar-refractivity contribution is 0.0913. The molecule has 0 radical (unpaired) electrons. The Morgan fingerprint density at radius 2 is 2.25 bits per heavy atom. The van der Waals surface area contributed by atoms with Crippen molar-refractivity contribution in [3.05, 3.63) is 46.7 Å². The lowest BCUT2D eigenvalue weighted by Crippen LogP contribution is -2.32. The Bertz CT molecular complexity index is 979. The number of aliphatic hydroxyl groups is 1. The Kier molecular flexibility index (Phi) is 5.23. The molecule has 1 amide bonds. The number of hydrogen-bond donors (Lipinski definition) is 2. The molecule has 1 fully saturated rings. The summed E-state index contributed by atoms with van der Waals surface area (Å²) in [5.41, 5.74) is 3.27. The molecule has 0 spiro atoms. The summed E-state index contributed by atoms with van der Waals surface area (Å²) in [5.74, 6) is 0.546. The fourth-order valence-electron chi connectivity index (χ4n) is 3.09. The van der Waals surface area contributed by atoms with Crippen LogP contribution in [0, 0.1) is 6.92 Å². The topological polar surface area (TPSA) is 92.9 Å². The summed E-state index contributed by atoms with van der Waals surface area (Å²) in [5, 5.41) is 19.0. The summed E-state index contributed by atoms with van der Waals surface area (Å²) in [6.07, 6.45) is 5.47. The van der Waals surface area contributed by atoms with E-state index in [2.05, 4.69) is 15.4 Å². The second kappa shape index (κ2) is 7.81. The maximum absolute atomic E-state index is 12.7. The van der Waals surface area contributed by atoms with E-state index < -0.39 is 6.10 Å². The average Bonchev–Trinajstić information content (AvgIpc) is 3.21. The molecule has 3 aromatic heterocycles. The third-order valence-electron chi connectivity index (χ3n) is 4.89. The summed E-state index contributed by atoms with van der Waals surface area (Å²) >= 11 is 1.63. The summed E-state index contributed by atoms with van der Waals surface area (Å²) in [6, 6.07) is 4.03. The maximum Gasteiger partial charge on any atom is 0.254 e. The van der Waals surface area contributed by atoms with Crippen molar-refractivity contribution in [1.29, 1.82) is 0 Å². The maximum atomic E-state index is 12.7. The third kappa shape index (κ3) is 3.70. The van der Waals surface area contributed by atoms with Gasteiger partial charge in [0, 0.05) is 18.7 Å². The van der Waals surface area contributed by atoms with E-state index in [0.29, 0.717) is 17.9 Å². The molecule has 7 nitrogen and oxygen atoms in total. The molecule has 28 heavy (non-hydrogen) atoms. The zero-order chi connectivity index (χ0) is 19.7. The van der Waals surface area contributed by atoms with Crippen molar-refractivity contribution in [2.24, 2.45) is 0 Å². The number of nitrogens with one attached hydrogen (secondary N) is 1. The zero-order valence-electron chi connectivity index (χ0n) is 15.9. The number of thiophene rings is 1. The van der Waals surface area contributed by atoms with E-state index in [0.717, 1.165) is 34.7 Å². The first-order valence-corrected chi connectivity index (χ1v) is 10.4. The minimum absolute atomic E-state index is 0.216. The largest absolute Gasteiger partial charge is 0.391 e. The molecular weight excluding hydrogens is 374 g/mol. The number of carbonyl (C=O) groups excluding carboxylic acids is 1. The van der Waals surface area contributed by atoms with Crippen molar-refractivity contribution < 1.29 is 9.90 Å². The van der Waals surface area contributed by atoms with Crippen LogP contribution in [0.2, 0.25) is 0 Å². The van der Waals surface area contributed by atoms with Crippen molar-refractivity contribution in [2.75, 3.05) is 6.54 Å². The Balaban J connectivity index is 1.69. The van der Waals surface area contributed by atoms with E-state index in [1.165, 1.54) is 0 Å². The van der Waals surface area contributed by atoms with E-state index in [1.807, 2.05) is 31.4 Å². The van der Waals surface area contributed by atoms with Gasteiger partial charge in [-0.3, -0.25) is 4.79 Å². The van der Waals surface area contributed by atoms with Crippen LogP contribution in [0.5, 0.6) is 0 Å². The van der Waals surface area contributed by atoms with Gasteiger partial charge in [-0.05, 0) is 43.2 Å². The number of rotatable bonds is 7. The first kappa shape index (κ1) is 18.8. The monoisotopic (exact) mass is 397 g/mol. The molecule has 0 bridgehead atoms. The molecule has 4 rings (SSSR count). The van der Waals surface area contributed by atoms with Gasteiger partial charge in [-0.1, -0.05) is 13.0 Å². The van der Waals surface area contributed by atoms with Crippen LogP contribution in [0.15, 0.2) is 29.9 Å². The van der Waals surface area contributed by atoms with E-state index in [9.17, 15) is 9.90 Å². The van der Waals surface area contributed by atoms with Crippen molar-refractivity contribution in [1.82, 2.24) is 25.1 Å². The summed E-state index contributed by atoms with van der Waals surface area (Å²) in [6.45, 7) is 4.10. The first-order chi connectivity index (χ1) is 13.6. The van der Waals surface area contributed by atoms with Crippen molar-refractivity contribution in [2.45, 2.75) is 45.1 Å². The summed E-state index contributed by atoms with van der Waals surface area (Å²) in [4.78, 5) is 22.9. The Morgan fingerprint density at radius 1 is 1.43 bits per heavy atom. The van der Waals surface area contributed by atoms with Crippen molar-refractivity contribution >= 4 is 17.2 Å². The van der Waals surface area contributed by atoms with Crippen LogP contribution in [-0.2, 0) is 0 Å². The van der Waals surface area contributed by atoms with Gasteiger partial charge in [-0.15, -0.1) is 11.3 Å². The molecule has 1 aliphatic carbocycles. The smallest absolute Gasteiger partial charge is 0.254 e. The van der Waals surface area contributed by atoms with Gasteiger partial charge in [-0.2, -0.15) is 5.10 Å². The minimum Gasteiger partial charge on any atom is -0.391 e. The van der Waals surface area contributed by atoms with Gasteiger partial charge in [-0.25, -0.2) is 14.6 Å². The molecule has 0 saturated heterocycles. The van der Waals surface area contributed by atoms with Crippen LogP contribution in [0.1, 0.15) is 53.7 Å². The SMILES string of the molecule is CCC(O)CNC(=O)c1cnn(-c2ncc(C)c(-c3cccs3)n2)c1C1CC1. The highest BCUT2D eigenvalue weighted by Gasteiger charge is 2.33. The Hall–Kier alpha value is -2.58. The van der Waals surface area contributed by atoms with Crippen LogP contribution in [0.25, 0.3) is 16.5 Å². The average molecular weight is 398 g/mol. The molecule has 3 aromatic rings. The van der Waals surface area contributed by atoms with E-state index >= 15 is 0 Å². The van der Waals surface area contributed by atoms with Crippen LogP contribution >= 0.6 is 11.3 Å². The number of nitrogens with zero attached hydrogens (tertiary/aromatic N) is 4. The van der Waals surface area contributed by atoms with Gasteiger partial charge in [0.25, 0.3) is 11.9 Å².